The number of nitrogens with zero attached hydrogens (tertiary/aromatic N) is 1. The maximum absolute atomic E-state index is 12.0. The molecule has 0 bridgehead atoms. The van der Waals surface area contributed by atoms with Gasteiger partial charge < -0.3 is 9.84 Å². The van der Waals surface area contributed by atoms with Crippen LogP contribution in [0.2, 0.25) is 0 Å². The van der Waals surface area contributed by atoms with Gasteiger partial charge in [0.05, 0.1) is 12.7 Å². The van der Waals surface area contributed by atoms with E-state index in [0.29, 0.717) is 5.56 Å². The number of nitrogens with one attached hydrogen (secondary N) is 1. The van der Waals surface area contributed by atoms with Gasteiger partial charge in [-0.25, -0.2) is 4.79 Å². The highest BCUT2D eigenvalue weighted by Gasteiger charge is 2.45. The van der Waals surface area contributed by atoms with Gasteiger partial charge in [-0.05, 0) is 25.7 Å². The van der Waals surface area contributed by atoms with Gasteiger partial charge in [-0.3, -0.25) is 14.3 Å². The van der Waals surface area contributed by atoms with E-state index in [4.69, 9.17) is 4.74 Å². The number of allylic oxidation sites excluding steroid dienone is 2. The van der Waals surface area contributed by atoms with Crippen LogP contribution in [0.3, 0.4) is 0 Å². The smallest absolute Gasteiger partial charge is 0.330 e. The summed E-state index contributed by atoms with van der Waals surface area (Å²) >= 11 is 0. The van der Waals surface area contributed by atoms with E-state index in [2.05, 4.69) is 17.1 Å². The molecule has 4 atom stereocenters. The first kappa shape index (κ1) is 13.3. The molecule has 3 rings (SSSR count). The Labute approximate surface area is 115 Å². The van der Waals surface area contributed by atoms with E-state index < -0.39 is 11.9 Å². The summed E-state index contributed by atoms with van der Waals surface area (Å²) in [5.41, 5.74) is -0.357. The summed E-state index contributed by atoms with van der Waals surface area (Å²) in [7, 11) is 0. The quantitative estimate of drug-likeness (QED) is 0.763. The molecule has 0 unspecified atom stereocenters. The van der Waals surface area contributed by atoms with Crippen molar-refractivity contribution in [2.75, 3.05) is 6.61 Å². The molecule has 2 aliphatic rings. The molecule has 0 saturated carbocycles. The Morgan fingerprint density at radius 3 is 2.75 bits per heavy atom. The minimum absolute atomic E-state index is 0.0530. The predicted octanol–water partition coefficient (Wildman–Crippen LogP) is 0.317. The molecule has 20 heavy (non-hydrogen) atoms. The molecule has 0 amide bonds. The third kappa shape index (κ3) is 2.05. The lowest BCUT2D eigenvalue weighted by atomic mass is 9.81. The van der Waals surface area contributed by atoms with Gasteiger partial charge in [0.25, 0.3) is 5.56 Å². The highest BCUT2D eigenvalue weighted by atomic mass is 16.5. The lowest BCUT2D eigenvalue weighted by Crippen LogP contribution is -2.35. The molecule has 6 heteroatoms. The van der Waals surface area contributed by atoms with Crippen molar-refractivity contribution in [2.24, 2.45) is 11.8 Å². The van der Waals surface area contributed by atoms with Crippen LogP contribution in [0.25, 0.3) is 0 Å². The number of aliphatic hydroxyl groups is 1. The first-order valence-electron chi connectivity index (χ1n) is 6.85. The van der Waals surface area contributed by atoms with Crippen LogP contribution in [0.5, 0.6) is 0 Å². The molecule has 1 aromatic heterocycles. The average molecular weight is 278 g/mol. The van der Waals surface area contributed by atoms with E-state index in [1.165, 1.54) is 4.57 Å². The maximum Gasteiger partial charge on any atom is 0.330 e. The minimum atomic E-state index is -0.461. The first-order chi connectivity index (χ1) is 9.61. The Morgan fingerprint density at radius 1 is 1.35 bits per heavy atom. The van der Waals surface area contributed by atoms with Crippen molar-refractivity contribution in [3.63, 3.8) is 0 Å². The molecule has 1 aliphatic heterocycles. The lowest BCUT2D eigenvalue weighted by molar-refractivity contribution is -0.0389. The van der Waals surface area contributed by atoms with Crippen LogP contribution in [-0.2, 0) is 4.74 Å². The Morgan fingerprint density at radius 2 is 2.05 bits per heavy atom. The number of rotatable bonds is 2. The standard InChI is InChI=1S/C14H18N2O4/c1-8-6-16(14(19)15-12(8)18)13-10-5-3-2-4-9(10)11(7-17)20-13/h2-3,6,9-11,13,17H,4-5,7H2,1H3,(H,15,18,19)/t9-,10+,11+,13-/m0/s1. The fraction of sp³-hybridized carbons (Fsp3) is 0.571. The van der Waals surface area contributed by atoms with Gasteiger partial charge in [0.15, 0.2) is 0 Å². The number of ether oxygens (including phenoxy) is 1. The molecule has 1 saturated heterocycles. The summed E-state index contributed by atoms with van der Waals surface area (Å²) in [6.07, 6.45) is 6.71. The van der Waals surface area contributed by atoms with Gasteiger partial charge in [-0.15, -0.1) is 0 Å². The van der Waals surface area contributed by atoms with Gasteiger partial charge in [-0.2, -0.15) is 0 Å². The molecule has 108 valence electrons. The zero-order chi connectivity index (χ0) is 14.3. The molecule has 0 radical (unpaired) electrons. The number of fused-ring (bicyclic) bond motifs is 1. The van der Waals surface area contributed by atoms with Gasteiger partial charge in [0.1, 0.15) is 6.23 Å². The SMILES string of the molecule is Cc1cn([C@H]2O[C@H](CO)[C@H]3CC=CC[C@H]32)c(=O)[nH]c1=O. The number of aliphatic hydroxyl groups excluding tert-OH is 1. The summed E-state index contributed by atoms with van der Waals surface area (Å²) in [4.78, 5) is 25.7. The van der Waals surface area contributed by atoms with Crippen LogP contribution in [-0.4, -0.2) is 27.4 Å². The fourth-order valence-electron chi connectivity index (χ4n) is 3.22. The summed E-state index contributed by atoms with van der Waals surface area (Å²) in [6, 6.07) is 0. The normalized spacial score (nSPS) is 32.3. The number of hydrogen-bond acceptors (Lipinski definition) is 4. The second-order valence-electron chi connectivity index (χ2n) is 5.50. The van der Waals surface area contributed by atoms with Crippen molar-refractivity contribution < 1.29 is 9.84 Å². The van der Waals surface area contributed by atoms with Crippen molar-refractivity contribution in [3.05, 3.63) is 44.8 Å². The number of aromatic amines is 1. The Kier molecular flexibility index (Phi) is 3.35. The van der Waals surface area contributed by atoms with E-state index in [-0.39, 0.29) is 30.1 Å². The highest BCUT2D eigenvalue weighted by molar-refractivity contribution is 5.06. The van der Waals surface area contributed by atoms with Gasteiger partial charge in [0.2, 0.25) is 0 Å². The molecule has 2 N–H and O–H groups in total. The largest absolute Gasteiger partial charge is 0.394 e. The second kappa shape index (κ2) is 5.03. The van der Waals surface area contributed by atoms with Crippen molar-refractivity contribution in [2.45, 2.75) is 32.1 Å². The zero-order valence-electron chi connectivity index (χ0n) is 11.3. The molecule has 0 spiro atoms. The van der Waals surface area contributed by atoms with E-state index in [1.54, 1.807) is 13.1 Å². The monoisotopic (exact) mass is 278 g/mol. The van der Waals surface area contributed by atoms with Crippen molar-refractivity contribution in [1.29, 1.82) is 0 Å². The van der Waals surface area contributed by atoms with E-state index >= 15 is 0 Å². The number of aryl methyl sites for hydroxylation is 1. The van der Waals surface area contributed by atoms with Gasteiger partial charge in [0, 0.05) is 17.7 Å². The number of aromatic nitrogens is 2. The average Bonchev–Trinajstić information content (AvgIpc) is 2.82. The summed E-state index contributed by atoms with van der Waals surface area (Å²) < 4.78 is 7.32. The van der Waals surface area contributed by atoms with Gasteiger partial charge >= 0.3 is 5.69 Å². The van der Waals surface area contributed by atoms with Crippen LogP contribution < -0.4 is 11.2 Å². The zero-order valence-corrected chi connectivity index (χ0v) is 11.3. The lowest BCUT2D eigenvalue weighted by Gasteiger charge is -2.25. The minimum Gasteiger partial charge on any atom is -0.394 e. The number of H-pyrrole nitrogens is 1. The second-order valence-corrected chi connectivity index (χ2v) is 5.50. The Balaban J connectivity index is 2.02. The van der Waals surface area contributed by atoms with Crippen LogP contribution in [0.15, 0.2) is 27.9 Å². The van der Waals surface area contributed by atoms with Crippen molar-refractivity contribution in [3.8, 4) is 0 Å². The van der Waals surface area contributed by atoms with Crippen LogP contribution in [0, 0.1) is 18.8 Å². The summed E-state index contributed by atoms with van der Waals surface area (Å²) in [5, 5.41) is 9.44. The van der Waals surface area contributed by atoms with Crippen LogP contribution in [0.1, 0.15) is 24.6 Å². The highest BCUT2D eigenvalue weighted by Crippen LogP contribution is 2.44. The number of hydrogen-bond donors (Lipinski definition) is 2. The molecule has 2 heterocycles. The summed E-state index contributed by atoms with van der Waals surface area (Å²) in [6.45, 7) is 1.61. The van der Waals surface area contributed by atoms with Crippen molar-refractivity contribution in [1.82, 2.24) is 9.55 Å². The van der Waals surface area contributed by atoms with Crippen molar-refractivity contribution >= 4 is 0 Å². The summed E-state index contributed by atoms with van der Waals surface area (Å²) in [5.74, 6) is 0.370. The molecule has 1 aliphatic carbocycles. The molecule has 6 nitrogen and oxygen atoms in total. The molecular formula is C14H18N2O4. The topological polar surface area (TPSA) is 84.3 Å². The predicted molar refractivity (Wildman–Crippen MR) is 72.4 cm³/mol. The van der Waals surface area contributed by atoms with Crippen LogP contribution in [0.4, 0.5) is 0 Å². The van der Waals surface area contributed by atoms with E-state index in [9.17, 15) is 14.7 Å². The Bertz CT molecular complexity index is 645. The Hall–Kier alpha value is -1.66. The molecular weight excluding hydrogens is 260 g/mol. The fourth-order valence-corrected chi connectivity index (χ4v) is 3.22. The molecule has 1 fully saturated rings. The molecule has 1 aromatic rings. The van der Waals surface area contributed by atoms with E-state index in [1.807, 2.05) is 0 Å². The van der Waals surface area contributed by atoms with Gasteiger partial charge in [-0.1, -0.05) is 12.2 Å². The first-order valence-corrected chi connectivity index (χ1v) is 6.85. The third-order valence-corrected chi connectivity index (χ3v) is 4.29. The maximum atomic E-state index is 12.0. The van der Waals surface area contributed by atoms with E-state index in [0.717, 1.165) is 12.8 Å². The van der Waals surface area contributed by atoms with Crippen LogP contribution >= 0.6 is 0 Å². The molecule has 0 aromatic carbocycles. The third-order valence-electron chi connectivity index (χ3n) is 4.29.